The predicted octanol–water partition coefficient (Wildman–Crippen LogP) is 2.67. The van der Waals surface area contributed by atoms with Crippen LogP contribution in [-0.2, 0) is 11.8 Å². The topological polar surface area (TPSA) is 68.2 Å². The van der Waals surface area contributed by atoms with Gasteiger partial charge in [0.15, 0.2) is 0 Å². The summed E-state index contributed by atoms with van der Waals surface area (Å²) in [5, 5.41) is 13.4. The van der Waals surface area contributed by atoms with E-state index in [4.69, 9.17) is 4.74 Å². The molecule has 4 atom stereocenters. The third kappa shape index (κ3) is 3.75. The van der Waals surface area contributed by atoms with Crippen molar-refractivity contribution in [2.75, 3.05) is 19.7 Å². The number of carbonyl (C=O) groups excluding carboxylic acids is 1. The zero-order valence-corrected chi connectivity index (χ0v) is 17.1. The summed E-state index contributed by atoms with van der Waals surface area (Å²) in [5.41, 5.74) is 1.46. The SMILES string of the molecule is Cn1nc(-c2cccs2)cc1C(=O)N[C@H]1C[C@H]2CNC[C@H]2C[C@@H]1OCC1CC1. The first kappa shape index (κ1) is 18.3. The molecule has 0 bridgehead atoms. The van der Waals surface area contributed by atoms with E-state index in [1.54, 1.807) is 16.0 Å². The van der Waals surface area contributed by atoms with Gasteiger partial charge >= 0.3 is 0 Å². The fraction of sp³-hybridized carbons (Fsp3) is 0.619. The maximum Gasteiger partial charge on any atom is 0.269 e. The van der Waals surface area contributed by atoms with Crippen molar-refractivity contribution < 1.29 is 9.53 Å². The van der Waals surface area contributed by atoms with Crippen LogP contribution >= 0.6 is 11.3 Å². The van der Waals surface area contributed by atoms with Crippen molar-refractivity contribution in [3.63, 3.8) is 0 Å². The summed E-state index contributed by atoms with van der Waals surface area (Å²) < 4.78 is 7.98. The lowest BCUT2D eigenvalue weighted by atomic mass is 9.77. The van der Waals surface area contributed by atoms with E-state index in [2.05, 4.69) is 15.7 Å². The van der Waals surface area contributed by atoms with Crippen LogP contribution in [0.2, 0.25) is 0 Å². The van der Waals surface area contributed by atoms with E-state index >= 15 is 0 Å². The lowest BCUT2D eigenvalue weighted by molar-refractivity contribution is -0.0212. The first-order valence-electron chi connectivity index (χ1n) is 10.4. The Bertz CT molecular complexity index is 830. The number of ether oxygens (including phenoxy) is 1. The number of amides is 1. The summed E-state index contributed by atoms with van der Waals surface area (Å²) in [6.07, 6.45) is 4.74. The Balaban J connectivity index is 1.30. The average Bonchev–Trinajstić information content (AvgIpc) is 3.07. The van der Waals surface area contributed by atoms with E-state index in [-0.39, 0.29) is 18.1 Å². The van der Waals surface area contributed by atoms with Crippen molar-refractivity contribution in [2.45, 2.75) is 37.8 Å². The third-order valence-corrected chi connectivity index (χ3v) is 7.36. The quantitative estimate of drug-likeness (QED) is 0.782. The van der Waals surface area contributed by atoms with E-state index in [1.807, 2.05) is 30.6 Å². The number of hydrogen-bond donors (Lipinski definition) is 2. The molecule has 6 nitrogen and oxygen atoms in total. The summed E-state index contributed by atoms with van der Waals surface area (Å²) >= 11 is 1.64. The number of aromatic nitrogens is 2. The van der Waals surface area contributed by atoms with E-state index in [9.17, 15) is 4.79 Å². The van der Waals surface area contributed by atoms with Gasteiger partial charge in [-0.1, -0.05) is 6.07 Å². The second-order valence-corrected chi connectivity index (χ2v) is 9.51. The van der Waals surface area contributed by atoms with Crippen LogP contribution in [0.5, 0.6) is 0 Å². The fourth-order valence-electron chi connectivity index (χ4n) is 4.63. The molecule has 0 radical (unpaired) electrons. The number of fused-ring (bicyclic) bond motifs is 1. The maximum absolute atomic E-state index is 13.1. The minimum atomic E-state index is -0.0489. The standard InChI is InChI=1S/C21H28N4O2S/c1-25-18(9-17(24-25)20-3-2-6-28-20)21(26)23-16-7-14-10-22-11-15(14)8-19(16)27-12-13-4-5-13/h2-3,6,9,13-16,19,22H,4-5,7-8,10-12H2,1H3,(H,23,26)/t14-,15+,16-,19-/m0/s1. The van der Waals surface area contributed by atoms with Gasteiger partial charge in [0.05, 0.1) is 17.0 Å². The van der Waals surface area contributed by atoms with Crippen molar-refractivity contribution in [3.05, 3.63) is 29.3 Å². The van der Waals surface area contributed by atoms with Crippen LogP contribution in [0.25, 0.3) is 10.6 Å². The van der Waals surface area contributed by atoms with Gasteiger partial charge < -0.3 is 15.4 Å². The smallest absolute Gasteiger partial charge is 0.269 e. The molecule has 7 heteroatoms. The van der Waals surface area contributed by atoms with Gasteiger partial charge in [-0.25, -0.2) is 0 Å². The molecule has 2 N–H and O–H groups in total. The molecule has 2 aromatic heterocycles. The van der Waals surface area contributed by atoms with Crippen molar-refractivity contribution in [1.82, 2.24) is 20.4 Å². The predicted molar refractivity (Wildman–Crippen MR) is 109 cm³/mol. The number of carbonyl (C=O) groups is 1. The Kier molecular flexibility index (Phi) is 4.99. The molecule has 2 saturated carbocycles. The normalized spacial score (nSPS) is 29.6. The van der Waals surface area contributed by atoms with Crippen LogP contribution < -0.4 is 10.6 Å². The summed E-state index contributed by atoms with van der Waals surface area (Å²) in [6, 6.07) is 6.01. The molecule has 3 aliphatic rings. The van der Waals surface area contributed by atoms with Crippen molar-refractivity contribution >= 4 is 17.2 Å². The van der Waals surface area contributed by atoms with Gasteiger partial charge in [0.1, 0.15) is 11.4 Å². The molecule has 2 aromatic rings. The van der Waals surface area contributed by atoms with E-state index in [1.165, 1.54) is 12.8 Å². The average molecular weight is 401 g/mol. The Morgan fingerprint density at radius 2 is 2.18 bits per heavy atom. The molecule has 1 saturated heterocycles. The zero-order chi connectivity index (χ0) is 19.1. The van der Waals surface area contributed by atoms with Crippen LogP contribution in [0.4, 0.5) is 0 Å². The molecular weight excluding hydrogens is 372 g/mol. The highest BCUT2D eigenvalue weighted by molar-refractivity contribution is 7.13. The summed E-state index contributed by atoms with van der Waals surface area (Å²) in [6.45, 7) is 2.98. The zero-order valence-electron chi connectivity index (χ0n) is 16.3. The van der Waals surface area contributed by atoms with Gasteiger partial charge in [-0.3, -0.25) is 9.48 Å². The monoisotopic (exact) mass is 400 g/mol. The number of nitrogens with one attached hydrogen (secondary N) is 2. The minimum absolute atomic E-state index is 0.0489. The van der Waals surface area contributed by atoms with Crippen LogP contribution in [0.3, 0.4) is 0 Å². The third-order valence-electron chi connectivity index (χ3n) is 6.47. The highest BCUT2D eigenvalue weighted by atomic mass is 32.1. The van der Waals surface area contributed by atoms with Gasteiger partial charge in [-0.05, 0) is 74.0 Å². The molecule has 3 heterocycles. The number of hydrogen-bond acceptors (Lipinski definition) is 5. The maximum atomic E-state index is 13.1. The van der Waals surface area contributed by atoms with Gasteiger partial charge in [-0.2, -0.15) is 5.10 Å². The lowest BCUT2D eigenvalue weighted by Gasteiger charge is -2.38. The van der Waals surface area contributed by atoms with Gasteiger partial charge in [0.25, 0.3) is 5.91 Å². The molecule has 0 spiro atoms. The fourth-order valence-corrected chi connectivity index (χ4v) is 5.31. The number of aryl methyl sites for hydroxylation is 1. The molecule has 0 aromatic carbocycles. The first-order chi connectivity index (χ1) is 13.7. The summed E-state index contributed by atoms with van der Waals surface area (Å²) in [5.74, 6) is 2.01. The van der Waals surface area contributed by atoms with Crippen molar-refractivity contribution in [3.8, 4) is 10.6 Å². The van der Waals surface area contributed by atoms with Gasteiger partial charge in [0, 0.05) is 13.7 Å². The van der Waals surface area contributed by atoms with Crippen LogP contribution in [0.15, 0.2) is 23.6 Å². The van der Waals surface area contributed by atoms with Gasteiger partial charge in [-0.15, -0.1) is 11.3 Å². The Morgan fingerprint density at radius 3 is 2.93 bits per heavy atom. The summed E-state index contributed by atoms with van der Waals surface area (Å²) in [4.78, 5) is 14.1. The minimum Gasteiger partial charge on any atom is -0.376 e. The molecule has 1 amide bonds. The van der Waals surface area contributed by atoms with E-state index in [0.29, 0.717) is 17.5 Å². The molecule has 0 unspecified atom stereocenters. The Labute approximate surface area is 169 Å². The van der Waals surface area contributed by atoms with Crippen LogP contribution in [-0.4, -0.2) is 47.5 Å². The van der Waals surface area contributed by atoms with Crippen LogP contribution in [0.1, 0.15) is 36.2 Å². The second-order valence-electron chi connectivity index (χ2n) is 8.56. The Hall–Kier alpha value is -1.70. The molecule has 150 valence electrons. The van der Waals surface area contributed by atoms with E-state index < -0.39 is 0 Å². The molecule has 3 fully saturated rings. The number of rotatable bonds is 6. The van der Waals surface area contributed by atoms with E-state index in [0.717, 1.165) is 49.0 Å². The highest BCUT2D eigenvalue weighted by Gasteiger charge is 2.41. The van der Waals surface area contributed by atoms with Crippen molar-refractivity contribution in [1.29, 1.82) is 0 Å². The molecular formula is C21H28N4O2S. The Morgan fingerprint density at radius 1 is 1.36 bits per heavy atom. The second kappa shape index (κ2) is 7.61. The highest BCUT2D eigenvalue weighted by Crippen LogP contribution is 2.36. The molecule has 2 aliphatic carbocycles. The number of thiophene rings is 1. The number of nitrogens with zero attached hydrogens (tertiary/aromatic N) is 2. The van der Waals surface area contributed by atoms with Crippen molar-refractivity contribution in [2.24, 2.45) is 24.8 Å². The summed E-state index contributed by atoms with van der Waals surface area (Å²) in [7, 11) is 1.84. The molecule has 5 rings (SSSR count). The molecule has 28 heavy (non-hydrogen) atoms. The first-order valence-corrected chi connectivity index (χ1v) is 11.3. The largest absolute Gasteiger partial charge is 0.376 e. The lowest BCUT2D eigenvalue weighted by Crippen LogP contribution is -2.51. The van der Waals surface area contributed by atoms with Gasteiger partial charge in [0.2, 0.25) is 0 Å². The van der Waals surface area contributed by atoms with Crippen LogP contribution in [0, 0.1) is 17.8 Å². The molecule has 1 aliphatic heterocycles.